The zero-order valence-corrected chi connectivity index (χ0v) is 18.8. The van der Waals surface area contributed by atoms with Crippen LogP contribution < -0.4 is 5.32 Å². The number of alkyl carbamates (subject to hydrolysis) is 1. The van der Waals surface area contributed by atoms with Crippen LogP contribution in [0.1, 0.15) is 64.4 Å². The van der Waals surface area contributed by atoms with E-state index in [0.717, 1.165) is 6.29 Å². The Kier molecular flexibility index (Phi) is 6.88. The first-order valence-electron chi connectivity index (χ1n) is 9.52. The molecule has 158 valence electrons. The highest BCUT2D eigenvalue weighted by Gasteiger charge is 2.52. The van der Waals surface area contributed by atoms with Gasteiger partial charge in [-0.05, 0) is 60.0 Å². The van der Waals surface area contributed by atoms with Crippen LogP contribution in [-0.2, 0) is 14.0 Å². The largest absolute Gasteiger partial charge is 0.492 e. The van der Waals surface area contributed by atoms with Gasteiger partial charge in [0.15, 0.2) is 6.29 Å². The van der Waals surface area contributed by atoms with Gasteiger partial charge in [0, 0.05) is 22.7 Å². The van der Waals surface area contributed by atoms with Crippen molar-refractivity contribution in [3.8, 4) is 0 Å². The molecule has 1 N–H and O–H groups in total. The maximum atomic E-state index is 12.2. The molecule has 0 saturated carbocycles. The second-order valence-corrected chi connectivity index (χ2v) is 9.43. The van der Waals surface area contributed by atoms with Crippen LogP contribution in [0, 0.1) is 0 Å². The quantitative estimate of drug-likeness (QED) is 0.551. The van der Waals surface area contributed by atoms with Crippen molar-refractivity contribution in [1.82, 2.24) is 5.32 Å². The molecule has 1 fully saturated rings. The predicted octanol–water partition coefficient (Wildman–Crippen LogP) is 4.69. The lowest BCUT2D eigenvalue weighted by Crippen LogP contribution is -2.41. The van der Waals surface area contributed by atoms with Gasteiger partial charge in [-0.2, -0.15) is 0 Å². The maximum Gasteiger partial charge on any atom is 0.492 e. The van der Waals surface area contributed by atoms with E-state index in [2.05, 4.69) is 5.32 Å². The molecule has 0 bridgehead atoms. The fourth-order valence-corrected chi connectivity index (χ4v) is 2.92. The van der Waals surface area contributed by atoms with Gasteiger partial charge in [-0.15, -0.1) is 0 Å². The molecule has 1 aliphatic rings. The lowest BCUT2D eigenvalue weighted by atomic mass is 9.76. The van der Waals surface area contributed by atoms with Crippen molar-refractivity contribution in [2.45, 2.75) is 65.3 Å². The molecule has 0 atom stereocenters. The van der Waals surface area contributed by atoms with Crippen LogP contribution in [0.4, 0.5) is 4.79 Å². The monoisotopic (exact) mass is 421 g/mol. The molecule has 1 aliphatic heterocycles. The van der Waals surface area contributed by atoms with Crippen molar-refractivity contribution in [3.63, 3.8) is 0 Å². The minimum Gasteiger partial charge on any atom is -0.444 e. The predicted molar refractivity (Wildman–Crippen MR) is 115 cm³/mol. The van der Waals surface area contributed by atoms with E-state index in [4.69, 9.17) is 25.6 Å². The summed E-state index contributed by atoms with van der Waals surface area (Å²) in [5.41, 5.74) is -0.145. The van der Waals surface area contributed by atoms with E-state index in [0.29, 0.717) is 21.6 Å². The number of benzene rings is 1. The summed E-state index contributed by atoms with van der Waals surface area (Å²) in [6.07, 6.45) is 1.90. The van der Waals surface area contributed by atoms with E-state index in [1.165, 1.54) is 0 Å². The normalized spacial score (nSPS) is 18.5. The third-order valence-corrected chi connectivity index (χ3v) is 5.26. The Labute approximate surface area is 178 Å². The minimum atomic E-state index is -0.717. The fourth-order valence-electron chi connectivity index (χ4n) is 2.68. The molecule has 1 aromatic carbocycles. The van der Waals surface area contributed by atoms with E-state index in [9.17, 15) is 9.59 Å². The van der Waals surface area contributed by atoms with Gasteiger partial charge in [-0.1, -0.05) is 29.8 Å². The molecule has 0 aliphatic carbocycles. The molecule has 1 amide bonds. The summed E-state index contributed by atoms with van der Waals surface area (Å²) in [7, 11) is -0.717. The van der Waals surface area contributed by atoms with Crippen molar-refractivity contribution in [3.05, 3.63) is 39.8 Å². The average molecular weight is 422 g/mol. The SMILES string of the molecule is CC(C)(C)OC(=O)NCC(=Cc1c(Cl)cccc1C=O)B1OC(C)(C)C(C)(C)O1. The number of aldehydes is 1. The second-order valence-electron chi connectivity index (χ2n) is 9.02. The standard InChI is InChI=1S/C21H29BClNO5/c1-19(2,3)27-18(26)24-12-15(22-28-20(4,5)21(6,7)29-22)11-16-14(13-25)9-8-10-17(16)23/h8-11,13H,12H2,1-7H3,(H,24,26). The summed E-state index contributed by atoms with van der Waals surface area (Å²) in [6.45, 7) is 13.2. The number of carbonyl (C=O) groups excluding carboxylic acids is 2. The van der Waals surface area contributed by atoms with Crippen molar-refractivity contribution < 1.29 is 23.6 Å². The van der Waals surface area contributed by atoms with Gasteiger partial charge in [0.05, 0.1) is 11.2 Å². The Bertz CT molecular complexity index is 798. The molecule has 2 rings (SSSR count). The van der Waals surface area contributed by atoms with Crippen LogP contribution in [0.2, 0.25) is 5.02 Å². The summed E-state index contributed by atoms with van der Waals surface area (Å²) in [4.78, 5) is 23.6. The van der Waals surface area contributed by atoms with Crippen LogP contribution in [-0.4, -0.2) is 42.8 Å². The lowest BCUT2D eigenvalue weighted by molar-refractivity contribution is 0.00578. The molecule has 1 aromatic rings. The number of hydrogen-bond acceptors (Lipinski definition) is 5. The van der Waals surface area contributed by atoms with Gasteiger partial charge in [-0.25, -0.2) is 4.79 Å². The molecule has 6 nitrogen and oxygen atoms in total. The first kappa shape index (κ1) is 23.5. The lowest BCUT2D eigenvalue weighted by Gasteiger charge is -2.32. The Balaban J connectivity index is 2.37. The van der Waals surface area contributed by atoms with E-state index in [1.807, 2.05) is 27.7 Å². The number of ether oxygens (including phenoxy) is 1. The molecular weight excluding hydrogens is 392 g/mol. The highest BCUT2D eigenvalue weighted by molar-refractivity contribution is 6.56. The molecule has 1 saturated heterocycles. The van der Waals surface area contributed by atoms with Gasteiger partial charge in [0.25, 0.3) is 0 Å². The minimum absolute atomic E-state index is 0.106. The molecule has 29 heavy (non-hydrogen) atoms. The number of carbonyl (C=O) groups is 2. The molecule has 0 aromatic heterocycles. The topological polar surface area (TPSA) is 73.9 Å². The Morgan fingerprint density at radius 1 is 1.21 bits per heavy atom. The molecule has 8 heteroatoms. The van der Waals surface area contributed by atoms with Gasteiger partial charge in [-0.3, -0.25) is 4.79 Å². The highest BCUT2D eigenvalue weighted by atomic mass is 35.5. The van der Waals surface area contributed by atoms with Crippen LogP contribution >= 0.6 is 11.6 Å². The second kappa shape index (κ2) is 8.50. The molecule has 0 radical (unpaired) electrons. The summed E-state index contributed by atoms with van der Waals surface area (Å²) >= 11 is 6.32. The Morgan fingerprint density at radius 3 is 2.31 bits per heavy atom. The third kappa shape index (κ3) is 5.84. The first-order chi connectivity index (χ1) is 13.3. The zero-order valence-electron chi connectivity index (χ0n) is 18.1. The summed E-state index contributed by atoms with van der Waals surface area (Å²) < 4.78 is 17.6. The van der Waals surface area contributed by atoms with Crippen LogP contribution in [0.5, 0.6) is 0 Å². The first-order valence-corrected chi connectivity index (χ1v) is 9.90. The number of halogens is 1. The number of nitrogens with one attached hydrogen (secondary N) is 1. The number of amides is 1. The van der Waals surface area contributed by atoms with E-state index < -0.39 is 30.0 Å². The number of hydrogen-bond donors (Lipinski definition) is 1. The Hall–Kier alpha value is -1.83. The fraction of sp³-hybridized carbons (Fsp3) is 0.524. The number of rotatable bonds is 5. The van der Waals surface area contributed by atoms with Crippen LogP contribution in [0.15, 0.2) is 23.7 Å². The third-order valence-electron chi connectivity index (χ3n) is 4.94. The van der Waals surface area contributed by atoms with Gasteiger partial charge in [0.2, 0.25) is 0 Å². The average Bonchev–Trinajstić information content (AvgIpc) is 2.78. The summed E-state index contributed by atoms with van der Waals surface area (Å²) in [5.74, 6) is 0. The van der Waals surface area contributed by atoms with E-state index in [-0.39, 0.29) is 6.54 Å². The maximum absolute atomic E-state index is 12.2. The van der Waals surface area contributed by atoms with Crippen LogP contribution in [0.25, 0.3) is 6.08 Å². The van der Waals surface area contributed by atoms with Crippen molar-refractivity contribution in [2.24, 2.45) is 0 Å². The van der Waals surface area contributed by atoms with E-state index in [1.54, 1.807) is 45.0 Å². The molecule has 0 spiro atoms. The summed E-state index contributed by atoms with van der Waals surface area (Å²) in [6, 6.07) is 5.08. The summed E-state index contributed by atoms with van der Waals surface area (Å²) in [5, 5.41) is 3.14. The highest BCUT2D eigenvalue weighted by Crippen LogP contribution is 2.39. The molecular formula is C21H29BClNO5. The van der Waals surface area contributed by atoms with Crippen molar-refractivity contribution >= 4 is 37.2 Å². The van der Waals surface area contributed by atoms with Crippen LogP contribution in [0.3, 0.4) is 0 Å². The Morgan fingerprint density at radius 2 is 1.79 bits per heavy atom. The van der Waals surface area contributed by atoms with Crippen molar-refractivity contribution in [1.29, 1.82) is 0 Å². The van der Waals surface area contributed by atoms with E-state index >= 15 is 0 Å². The zero-order chi connectivity index (χ0) is 22.0. The molecule has 1 heterocycles. The van der Waals surface area contributed by atoms with Gasteiger partial charge >= 0.3 is 13.2 Å². The van der Waals surface area contributed by atoms with Crippen molar-refractivity contribution in [2.75, 3.05) is 6.54 Å². The molecule has 0 unspecified atom stereocenters. The smallest absolute Gasteiger partial charge is 0.444 e. The van der Waals surface area contributed by atoms with Gasteiger partial charge < -0.3 is 19.4 Å². The van der Waals surface area contributed by atoms with Gasteiger partial charge in [0.1, 0.15) is 5.60 Å².